The highest BCUT2D eigenvalue weighted by Crippen LogP contribution is 2.64. The maximum absolute atomic E-state index is 13.9. The van der Waals surface area contributed by atoms with E-state index >= 15 is 0 Å². The van der Waals surface area contributed by atoms with Gasteiger partial charge in [-0.1, -0.05) is 6.58 Å². The fourth-order valence-electron chi connectivity index (χ4n) is 2.24. The molecule has 232 valence electrons. The minimum atomic E-state index is -8.79. The molecular weight excluding hydrogens is 625 g/mol. The average Bonchev–Trinajstić information content (AvgIpc) is 2.76. The predicted molar refractivity (Wildman–Crippen MR) is 91.6 cm³/mol. The number of esters is 1. The van der Waals surface area contributed by atoms with E-state index in [0.29, 0.717) is 4.31 Å². The molecule has 0 spiro atoms. The Morgan fingerprint density at radius 3 is 1.44 bits per heavy atom. The molecule has 1 unspecified atom stereocenters. The number of carbonyl (C=O) groups is 1. The van der Waals surface area contributed by atoms with Crippen LogP contribution in [0.2, 0.25) is 0 Å². The average molecular weight is 638 g/mol. The molecule has 0 aromatic heterocycles. The lowest BCUT2D eigenvalue weighted by molar-refractivity contribution is -0.460. The van der Waals surface area contributed by atoms with Crippen molar-refractivity contribution < 1.29 is 92.9 Å². The summed E-state index contributed by atoms with van der Waals surface area (Å²) in [5.41, 5.74) is -3.18. The number of alkyl halides is 17. The minimum absolute atomic E-state index is 0.229. The van der Waals surface area contributed by atoms with Crippen molar-refractivity contribution in [2.45, 2.75) is 60.5 Å². The molecule has 0 N–H and O–H groups in total. The van der Waals surface area contributed by atoms with E-state index in [1.165, 1.54) is 0 Å². The van der Waals surface area contributed by atoms with Gasteiger partial charge in [0.05, 0.1) is 6.61 Å². The van der Waals surface area contributed by atoms with E-state index in [4.69, 9.17) is 0 Å². The Morgan fingerprint density at radius 2 is 1.08 bits per heavy atom. The predicted octanol–water partition coefficient (Wildman–Crippen LogP) is 5.60. The lowest BCUT2D eigenvalue weighted by Crippen LogP contribution is -2.74. The number of hydrogen-bond acceptors (Lipinski definition) is 4. The molecule has 0 radical (unpaired) electrons. The molecule has 0 aromatic carbocycles. The summed E-state index contributed by atoms with van der Waals surface area (Å²) in [5.74, 6) is -61.0. The molecule has 0 aliphatic heterocycles. The van der Waals surface area contributed by atoms with Gasteiger partial charge >= 0.3 is 53.6 Å². The Labute approximate surface area is 208 Å². The molecule has 0 aliphatic rings. The van der Waals surface area contributed by atoms with E-state index in [1.54, 1.807) is 0 Å². The van der Waals surface area contributed by atoms with Gasteiger partial charge in [-0.05, 0) is 19.9 Å². The van der Waals surface area contributed by atoms with Crippen LogP contribution in [0.15, 0.2) is 12.2 Å². The Bertz CT molecular complexity index is 934. The molecule has 0 bridgehead atoms. The highest BCUT2D eigenvalue weighted by molar-refractivity contribution is 7.76. The van der Waals surface area contributed by atoms with Gasteiger partial charge in [0.25, 0.3) is 0 Å². The first kappa shape index (κ1) is 37.1. The van der Waals surface area contributed by atoms with E-state index in [1.807, 2.05) is 6.58 Å². The number of hydrogen-bond donors (Lipinski definition) is 0. The van der Waals surface area contributed by atoms with Crippen molar-refractivity contribution in [3.05, 3.63) is 12.2 Å². The van der Waals surface area contributed by atoms with E-state index in [2.05, 4.69) is 4.74 Å². The summed E-state index contributed by atoms with van der Waals surface area (Å²) in [5, 5.41) is 0. The van der Waals surface area contributed by atoms with Crippen molar-refractivity contribution >= 4 is 17.2 Å². The summed E-state index contributed by atoms with van der Waals surface area (Å²) < 4.78 is 251. The van der Waals surface area contributed by atoms with E-state index in [9.17, 15) is 88.2 Å². The van der Waals surface area contributed by atoms with Gasteiger partial charge in [-0.2, -0.15) is 74.6 Å². The summed E-state index contributed by atoms with van der Waals surface area (Å²) in [7, 11) is 1.01. The van der Waals surface area contributed by atoms with Crippen LogP contribution in [0.3, 0.4) is 0 Å². The van der Waals surface area contributed by atoms with Crippen molar-refractivity contribution in [3.63, 3.8) is 0 Å². The van der Waals surface area contributed by atoms with Crippen LogP contribution in [0.1, 0.15) is 12.8 Å². The standard InChI is InChI=1S/C16H14F17NO4S/c1-7(8(35)38-6-4-3-5-34(2)39(36)37)9(17,18)10(19,20)11(21,22)12(23,24)13(25,26)14(27,28)15(29,30)16(31,32)33/h1,3-6H2,2H3,(H,36,37)/p-1. The van der Waals surface area contributed by atoms with Gasteiger partial charge in [-0.15, -0.1) is 0 Å². The van der Waals surface area contributed by atoms with Crippen LogP contribution in [-0.2, 0) is 20.8 Å². The van der Waals surface area contributed by atoms with E-state index < -0.39 is 83.5 Å². The smallest absolute Gasteiger partial charge is 0.460 e. The molecule has 5 nitrogen and oxygen atoms in total. The van der Waals surface area contributed by atoms with Crippen LogP contribution in [0, 0.1) is 0 Å². The number of ether oxygens (including phenoxy) is 1. The second kappa shape index (κ2) is 11.2. The zero-order chi connectivity index (χ0) is 31.8. The summed E-state index contributed by atoms with van der Waals surface area (Å²) >= 11 is -2.74. The largest absolute Gasteiger partial charge is 0.760 e. The topological polar surface area (TPSA) is 69.7 Å². The van der Waals surface area contributed by atoms with Crippen LogP contribution < -0.4 is 0 Å². The van der Waals surface area contributed by atoms with Crippen molar-refractivity contribution in [1.82, 2.24) is 4.31 Å². The number of halogens is 17. The molecule has 0 aliphatic carbocycles. The zero-order valence-electron chi connectivity index (χ0n) is 18.4. The first-order valence-corrected chi connectivity index (χ1v) is 10.3. The SMILES string of the molecule is C=C(C(=O)OCCCCN(C)S(=O)[O-])C(F)(F)C(F)(F)C(F)(F)C(F)(F)C(F)(F)C(F)(F)C(F)(F)C(F)(F)F. The number of unbranched alkanes of at least 4 members (excludes halogenated alkanes) is 1. The Balaban J connectivity index is 6.13. The van der Waals surface area contributed by atoms with Crippen molar-refractivity contribution in [1.29, 1.82) is 0 Å². The summed E-state index contributed by atoms with van der Waals surface area (Å²) in [6.07, 6.45) is -8.55. The lowest BCUT2D eigenvalue weighted by Gasteiger charge is -2.42. The van der Waals surface area contributed by atoms with Gasteiger partial charge < -0.3 is 9.29 Å². The molecule has 0 fully saturated rings. The van der Waals surface area contributed by atoms with Gasteiger partial charge in [0, 0.05) is 17.8 Å². The molecule has 1 atom stereocenters. The third kappa shape index (κ3) is 6.07. The van der Waals surface area contributed by atoms with Gasteiger partial charge in [-0.25, -0.2) is 9.10 Å². The third-order valence-electron chi connectivity index (χ3n) is 4.70. The van der Waals surface area contributed by atoms with Crippen LogP contribution in [-0.4, -0.2) is 86.9 Å². The molecule has 0 saturated carbocycles. The second-order valence-electron chi connectivity index (χ2n) is 7.41. The van der Waals surface area contributed by atoms with Gasteiger partial charge in [0.15, 0.2) is 0 Å². The summed E-state index contributed by atoms with van der Waals surface area (Å²) in [6.45, 7) is 0.454. The number of carbonyl (C=O) groups excluding carboxylic acids is 1. The summed E-state index contributed by atoms with van der Waals surface area (Å²) in [6, 6.07) is 0. The van der Waals surface area contributed by atoms with E-state index in [-0.39, 0.29) is 13.0 Å². The monoisotopic (exact) mass is 638 g/mol. The quantitative estimate of drug-likeness (QED) is 0.0818. The fourth-order valence-corrected chi connectivity index (χ4v) is 2.52. The molecule has 0 rings (SSSR count). The maximum Gasteiger partial charge on any atom is 0.460 e. The first-order valence-electron chi connectivity index (χ1n) is 9.29. The molecule has 23 heteroatoms. The van der Waals surface area contributed by atoms with Crippen LogP contribution in [0.5, 0.6) is 0 Å². The number of rotatable bonds is 14. The molecule has 0 heterocycles. The van der Waals surface area contributed by atoms with Crippen molar-refractivity contribution in [2.24, 2.45) is 0 Å². The fraction of sp³-hybridized carbons (Fsp3) is 0.812. The second-order valence-corrected chi connectivity index (χ2v) is 8.47. The first-order chi connectivity index (χ1) is 16.9. The van der Waals surface area contributed by atoms with Gasteiger partial charge in [-0.3, -0.25) is 4.21 Å². The number of nitrogens with zero attached hydrogens (tertiary/aromatic N) is 1. The van der Waals surface area contributed by atoms with Crippen LogP contribution in [0.25, 0.3) is 0 Å². The third-order valence-corrected chi connectivity index (χ3v) is 5.39. The Kier molecular flexibility index (Phi) is 10.6. The van der Waals surface area contributed by atoms with Crippen molar-refractivity contribution in [2.75, 3.05) is 20.2 Å². The molecule has 0 amide bonds. The zero-order valence-corrected chi connectivity index (χ0v) is 19.3. The highest BCUT2D eigenvalue weighted by atomic mass is 32.2. The molecular formula is C16H13F17NO4S-. The molecule has 0 saturated heterocycles. The van der Waals surface area contributed by atoms with Gasteiger partial charge in [0.1, 0.15) is 5.57 Å². The maximum atomic E-state index is 13.9. The van der Waals surface area contributed by atoms with Crippen molar-refractivity contribution in [3.8, 4) is 0 Å². The van der Waals surface area contributed by atoms with Crippen LogP contribution in [0.4, 0.5) is 74.6 Å². The van der Waals surface area contributed by atoms with Crippen LogP contribution >= 0.6 is 0 Å². The van der Waals surface area contributed by atoms with Gasteiger partial charge in [0.2, 0.25) is 0 Å². The molecule has 39 heavy (non-hydrogen) atoms. The summed E-state index contributed by atoms with van der Waals surface area (Å²) in [4.78, 5) is 11.4. The normalized spacial score (nSPS) is 15.9. The minimum Gasteiger partial charge on any atom is -0.760 e. The highest BCUT2D eigenvalue weighted by Gasteiger charge is 2.95. The van der Waals surface area contributed by atoms with E-state index in [0.717, 1.165) is 7.05 Å². The molecule has 0 aromatic rings. The Morgan fingerprint density at radius 1 is 0.718 bits per heavy atom. The Hall–Kier alpha value is -1.91. The lowest BCUT2D eigenvalue weighted by atomic mass is 9.87.